The third kappa shape index (κ3) is 6.20. The first-order valence-electron chi connectivity index (χ1n) is 11.9. The Balaban J connectivity index is 1.19. The van der Waals surface area contributed by atoms with Gasteiger partial charge in [0, 0.05) is 17.7 Å². The molecule has 0 unspecified atom stereocenters. The van der Waals surface area contributed by atoms with Crippen LogP contribution in [0, 0.1) is 6.92 Å². The summed E-state index contributed by atoms with van der Waals surface area (Å²) >= 11 is 7.06. The van der Waals surface area contributed by atoms with Crippen molar-refractivity contribution in [2.45, 2.75) is 13.3 Å². The summed E-state index contributed by atoms with van der Waals surface area (Å²) in [6.07, 6.45) is 0.753. The largest absolute Gasteiger partial charge is 0.492 e. The van der Waals surface area contributed by atoms with Crippen molar-refractivity contribution >= 4 is 50.5 Å². The summed E-state index contributed by atoms with van der Waals surface area (Å²) in [4.78, 5) is 17.7. The molecule has 0 saturated carbocycles. The highest BCUT2D eigenvalue weighted by atomic mass is 32.1. The monoisotopic (exact) mass is 523 g/mol. The molecule has 5 rings (SSSR count). The lowest BCUT2D eigenvalue weighted by atomic mass is 10.1. The van der Waals surface area contributed by atoms with Crippen LogP contribution in [0.1, 0.15) is 21.5 Å². The van der Waals surface area contributed by atoms with Gasteiger partial charge in [-0.3, -0.25) is 10.1 Å². The zero-order valence-corrected chi connectivity index (χ0v) is 21.9. The van der Waals surface area contributed by atoms with Crippen molar-refractivity contribution in [3.05, 3.63) is 114 Å². The molecule has 0 bridgehead atoms. The number of hydrogen-bond acceptors (Lipinski definition) is 5. The molecular weight excluding hydrogens is 498 g/mol. The van der Waals surface area contributed by atoms with Crippen LogP contribution in [-0.2, 0) is 6.42 Å². The van der Waals surface area contributed by atoms with E-state index >= 15 is 0 Å². The molecule has 0 radical (unpaired) electrons. The number of aryl methyl sites for hydroxylation is 1. The van der Waals surface area contributed by atoms with E-state index in [0.717, 1.165) is 28.2 Å². The highest BCUT2D eigenvalue weighted by Crippen LogP contribution is 2.31. The molecule has 0 fully saturated rings. The van der Waals surface area contributed by atoms with E-state index < -0.39 is 0 Å². The Morgan fingerprint density at radius 2 is 1.70 bits per heavy atom. The number of carbonyl (C=O) groups excluding carboxylic acids is 1. The van der Waals surface area contributed by atoms with Gasteiger partial charge in [-0.15, -0.1) is 11.3 Å². The first-order valence-corrected chi connectivity index (χ1v) is 13.1. The molecule has 7 heteroatoms. The number of nitrogens with zero attached hydrogens (tertiary/aromatic N) is 1. The fourth-order valence-electron chi connectivity index (χ4n) is 3.89. The van der Waals surface area contributed by atoms with E-state index in [4.69, 9.17) is 21.9 Å². The predicted octanol–water partition coefficient (Wildman–Crippen LogP) is 7.02. The molecule has 1 amide bonds. The van der Waals surface area contributed by atoms with E-state index in [9.17, 15) is 4.79 Å². The molecule has 0 saturated heterocycles. The smallest absolute Gasteiger partial charge is 0.261 e. The molecular formula is C30H25N3O2S2. The quantitative estimate of drug-likeness (QED) is 0.225. The zero-order chi connectivity index (χ0) is 25.6. The Bertz CT molecular complexity index is 1550. The minimum atomic E-state index is -0.325. The van der Waals surface area contributed by atoms with Crippen molar-refractivity contribution in [2.24, 2.45) is 0 Å². The Labute approximate surface area is 225 Å². The van der Waals surface area contributed by atoms with E-state index in [1.807, 2.05) is 54.6 Å². The zero-order valence-electron chi connectivity index (χ0n) is 20.2. The Morgan fingerprint density at radius 3 is 2.51 bits per heavy atom. The van der Waals surface area contributed by atoms with Crippen LogP contribution in [0.4, 0.5) is 5.69 Å². The van der Waals surface area contributed by atoms with Crippen LogP contribution in [0.3, 0.4) is 0 Å². The van der Waals surface area contributed by atoms with Gasteiger partial charge in [-0.05, 0) is 78.8 Å². The number of fused-ring (bicyclic) bond motifs is 1. The molecule has 0 aliphatic heterocycles. The van der Waals surface area contributed by atoms with Crippen molar-refractivity contribution < 1.29 is 9.53 Å². The van der Waals surface area contributed by atoms with Crippen LogP contribution < -0.4 is 15.4 Å². The van der Waals surface area contributed by atoms with Crippen molar-refractivity contribution in [1.82, 2.24) is 10.3 Å². The summed E-state index contributed by atoms with van der Waals surface area (Å²) in [5.74, 6) is 0.198. The molecule has 5 aromatic rings. The summed E-state index contributed by atoms with van der Waals surface area (Å²) in [5, 5.41) is 7.01. The van der Waals surface area contributed by atoms with E-state index in [2.05, 4.69) is 41.8 Å². The molecule has 0 aliphatic rings. The number of carbonyl (C=O) groups is 1. The van der Waals surface area contributed by atoms with Crippen molar-refractivity contribution in [1.29, 1.82) is 0 Å². The molecule has 1 heterocycles. The third-order valence-corrected chi connectivity index (χ3v) is 7.05. The number of ether oxygens (including phenoxy) is 1. The van der Waals surface area contributed by atoms with Crippen LogP contribution in [0.15, 0.2) is 97.1 Å². The van der Waals surface area contributed by atoms with Gasteiger partial charge in [0.15, 0.2) is 5.11 Å². The maximum Gasteiger partial charge on any atom is 0.261 e. The highest BCUT2D eigenvalue weighted by Gasteiger charge is 2.14. The van der Waals surface area contributed by atoms with Gasteiger partial charge in [0.2, 0.25) is 0 Å². The maximum atomic E-state index is 12.9. The average Bonchev–Trinajstić information content (AvgIpc) is 3.33. The van der Waals surface area contributed by atoms with Crippen LogP contribution in [0.5, 0.6) is 5.75 Å². The number of para-hydroxylation sites is 1. The lowest BCUT2D eigenvalue weighted by molar-refractivity contribution is 0.0974. The minimum absolute atomic E-state index is 0.215. The minimum Gasteiger partial charge on any atom is -0.492 e. The van der Waals surface area contributed by atoms with E-state index in [0.29, 0.717) is 17.9 Å². The van der Waals surface area contributed by atoms with Gasteiger partial charge < -0.3 is 10.1 Å². The standard InChI is InChI=1S/C30H25N3O2S2/c1-20-11-16-25-27(19-20)37-29(32-25)22-12-14-23(15-13-22)31-30(36)33-28(34)24-9-5-6-10-26(24)35-18-17-21-7-3-2-4-8-21/h2-16,19H,17-18H2,1H3,(H2,31,33,34,36). The molecule has 0 aliphatic carbocycles. The van der Waals surface area contributed by atoms with Crippen molar-refractivity contribution in [3.8, 4) is 16.3 Å². The second-order valence-electron chi connectivity index (χ2n) is 8.56. The van der Waals surface area contributed by atoms with Crippen molar-refractivity contribution in [3.63, 3.8) is 0 Å². The molecule has 0 atom stereocenters. The molecule has 2 N–H and O–H groups in total. The second kappa shape index (κ2) is 11.3. The lowest BCUT2D eigenvalue weighted by Crippen LogP contribution is -2.34. The van der Waals surface area contributed by atoms with Gasteiger partial charge in [-0.1, -0.05) is 48.5 Å². The van der Waals surface area contributed by atoms with Gasteiger partial charge in [0.05, 0.1) is 22.4 Å². The number of benzene rings is 4. The van der Waals surface area contributed by atoms with Crippen LogP contribution in [-0.4, -0.2) is 22.6 Å². The van der Waals surface area contributed by atoms with Crippen LogP contribution >= 0.6 is 23.6 Å². The topological polar surface area (TPSA) is 63.2 Å². The second-order valence-corrected chi connectivity index (χ2v) is 9.99. The SMILES string of the molecule is Cc1ccc2nc(-c3ccc(NC(=S)NC(=O)c4ccccc4OCCc4ccccc4)cc3)sc2c1. The van der Waals surface area contributed by atoms with E-state index in [1.165, 1.54) is 15.8 Å². The summed E-state index contributed by atoms with van der Waals surface area (Å²) in [6, 6.07) is 31.4. The van der Waals surface area contributed by atoms with Gasteiger partial charge in [0.1, 0.15) is 10.8 Å². The molecule has 5 nitrogen and oxygen atoms in total. The maximum absolute atomic E-state index is 12.9. The number of aromatic nitrogens is 1. The first-order chi connectivity index (χ1) is 18.0. The van der Waals surface area contributed by atoms with Crippen molar-refractivity contribution in [2.75, 3.05) is 11.9 Å². The third-order valence-electron chi connectivity index (χ3n) is 5.78. The number of thiocarbonyl (C=S) groups is 1. The predicted molar refractivity (Wildman–Crippen MR) is 156 cm³/mol. The Hall–Kier alpha value is -4.07. The van der Waals surface area contributed by atoms with E-state index in [-0.39, 0.29) is 11.0 Å². The normalized spacial score (nSPS) is 10.7. The summed E-state index contributed by atoms with van der Waals surface area (Å²) in [7, 11) is 0. The Morgan fingerprint density at radius 1 is 0.946 bits per heavy atom. The molecule has 184 valence electrons. The van der Waals surface area contributed by atoms with Crippen LogP contribution in [0.2, 0.25) is 0 Å². The van der Waals surface area contributed by atoms with Gasteiger partial charge in [-0.2, -0.15) is 0 Å². The average molecular weight is 524 g/mol. The number of rotatable bonds is 7. The number of amides is 1. The number of thiazole rings is 1. The summed E-state index contributed by atoms with van der Waals surface area (Å²) < 4.78 is 7.09. The first kappa shape index (κ1) is 24.6. The molecule has 0 spiro atoms. The summed E-state index contributed by atoms with van der Waals surface area (Å²) in [6.45, 7) is 2.55. The molecule has 4 aromatic carbocycles. The van der Waals surface area contributed by atoms with Crippen LogP contribution in [0.25, 0.3) is 20.8 Å². The molecule has 37 heavy (non-hydrogen) atoms. The van der Waals surface area contributed by atoms with Gasteiger partial charge in [-0.25, -0.2) is 4.98 Å². The highest BCUT2D eigenvalue weighted by molar-refractivity contribution is 7.80. The fourth-order valence-corrected chi connectivity index (χ4v) is 5.17. The van der Waals surface area contributed by atoms with Gasteiger partial charge in [0.25, 0.3) is 5.91 Å². The van der Waals surface area contributed by atoms with Gasteiger partial charge >= 0.3 is 0 Å². The number of anilines is 1. The fraction of sp³-hybridized carbons (Fsp3) is 0.100. The van der Waals surface area contributed by atoms with E-state index in [1.54, 1.807) is 29.5 Å². The lowest BCUT2D eigenvalue weighted by Gasteiger charge is -2.13. The summed E-state index contributed by atoms with van der Waals surface area (Å²) in [5.41, 5.74) is 5.64. The number of hydrogen-bond donors (Lipinski definition) is 2. The number of nitrogens with one attached hydrogen (secondary N) is 2. The Kier molecular flexibility index (Phi) is 7.54. The molecule has 1 aromatic heterocycles.